The van der Waals surface area contributed by atoms with Gasteiger partial charge in [-0.3, -0.25) is 4.99 Å². The van der Waals surface area contributed by atoms with Gasteiger partial charge in [0.25, 0.3) is 0 Å². The minimum Gasteiger partial charge on any atom is -0.404 e. The van der Waals surface area contributed by atoms with Gasteiger partial charge in [-0.1, -0.05) is 35.3 Å². The molecule has 3 aromatic rings. The molecule has 0 saturated heterocycles. The number of benzene rings is 2. The molecule has 0 spiro atoms. The summed E-state index contributed by atoms with van der Waals surface area (Å²) >= 11 is 12.3. The van der Waals surface area contributed by atoms with Crippen LogP contribution in [0.15, 0.2) is 59.7 Å². The van der Waals surface area contributed by atoms with Crippen molar-refractivity contribution in [2.75, 3.05) is 18.4 Å². The summed E-state index contributed by atoms with van der Waals surface area (Å²) in [5, 5.41) is 5.37. The number of fused-ring (bicyclic) bond motifs is 1. The molecule has 2 aromatic carbocycles. The van der Waals surface area contributed by atoms with Crippen LogP contribution in [0.5, 0.6) is 0 Å². The lowest BCUT2D eigenvalue weighted by Gasteiger charge is -2.11. The number of aromatic nitrogens is 2. The quantitative estimate of drug-likeness (QED) is 0.304. The number of nitrogens with zero attached hydrogens (tertiary/aromatic N) is 3. The lowest BCUT2D eigenvalue weighted by Crippen LogP contribution is -2.11. The molecule has 1 aromatic heterocycles. The molecule has 0 aliphatic rings. The average Bonchev–Trinajstić information content (AvgIpc) is 2.67. The first-order valence-corrected chi connectivity index (χ1v) is 9.48. The number of anilines is 1. The van der Waals surface area contributed by atoms with Gasteiger partial charge in [0.05, 0.1) is 10.5 Å². The van der Waals surface area contributed by atoms with Gasteiger partial charge >= 0.3 is 0 Å². The summed E-state index contributed by atoms with van der Waals surface area (Å²) in [6, 6.07) is 13.1. The Morgan fingerprint density at radius 3 is 2.75 bits per heavy atom. The van der Waals surface area contributed by atoms with Crippen LogP contribution in [0, 0.1) is 0 Å². The fourth-order valence-corrected chi connectivity index (χ4v) is 3.14. The maximum atomic E-state index is 6.34. The molecule has 0 radical (unpaired) electrons. The fourth-order valence-electron chi connectivity index (χ4n) is 2.65. The van der Waals surface area contributed by atoms with E-state index < -0.39 is 0 Å². The molecule has 8 heteroatoms. The van der Waals surface area contributed by atoms with E-state index in [1.807, 2.05) is 30.3 Å². The Hall–Kier alpha value is -2.83. The van der Waals surface area contributed by atoms with E-state index in [0.717, 1.165) is 28.7 Å². The minimum atomic E-state index is 0.412. The Bertz CT molecular complexity index is 1030. The molecule has 6 nitrogen and oxygen atoms in total. The molecule has 0 atom stereocenters. The van der Waals surface area contributed by atoms with E-state index in [2.05, 4.69) is 20.3 Å². The van der Waals surface area contributed by atoms with Crippen molar-refractivity contribution in [3.63, 3.8) is 0 Å². The zero-order chi connectivity index (χ0) is 19.9. The predicted molar refractivity (Wildman–Crippen MR) is 118 cm³/mol. The van der Waals surface area contributed by atoms with Crippen LogP contribution in [0.2, 0.25) is 10.0 Å². The Balaban J connectivity index is 1.84. The summed E-state index contributed by atoms with van der Waals surface area (Å²) in [6.07, 6.45) is 3.72. The minimum absolute atomic E-state index is 0.412. The Kier molecular flexibility index (Phi) is 6.68. The van der Waals surface area contributed by atoms with E-state index in [1.165, 1.54) is 6.20 Å². The fraction of sp³-hybridized carbons (Fsp3) is 0.150. The predicted octanol–water partition coefficient (Wildman–Crippen LogP) is 4.24. The van der Waals surface area contributed by atoms with Crippen molar-refractivity contribution in [3.8, 4) is 11.4 Å². The van der Waals surface area contributed by atoms with Gasteiger partial charge in [0.1, 0.15) is 11.7 Å². The average molecular weight is 415 g/mol. The molecule has 0 saturated carbocycles. The van der Waals surface area contributed by atoms with Crippen molar-refractivity contribution in [2.45, 2.75) is 6.42 Å². The molecular formula is C20H20Cl2N6. The number of hydrogen-bond donors (Lipinski definition) is 3. The summed E-state index contributed by atoms with van der Waals surface area (Å²) in [5.74, 6) is 1.69. The summed E-state index contributed by atoms with van der Waals surface area (Å²) < 4.78 is 0. The van der Waals surface area contributed by atoms with Crippen LogP contribution in [0.4, 0.5) is 5.82 Å². The van der Waals surface area contributed by atoms with Crippen LogP contribution in [0.3, 0.4) is 0 Å². The smallest absolute Gasteiger partial charge is 0.163 e. The highest BCUT2D eigenvalue weighted by Gasteiger charge is 2.12. The zero-order valence-corrected chi connectivity index (χ0v) is 16.6. The van der Waals surface area contributed by atoms with Crippen LogP contribution in [-0.2, 0) is 0 Å². The Labute approximate surface area is 173 Å². The van der Waals surface area contributed by atoms with E-state index in [4.69, 9.17) is 34.7 Å². The van der Waals surface area contributed by atoms with Crippen LogP contribution in [0.1, 0.15) is 6.42 Å². The number of hydrogen-bond acceptors (Lipinski definition) is 5. The molecule has 1 heterocycles. The first-order valence-electron chi connectivity index (χ1n) is 8.73. The molecule has 0 aliphatic heterocycles. The van der Waals surface area contributed by atoms with E-state index in [0.29, 0.717) is 34.8 Å². The van der Waals surface area contributed by atoms with E-state index in [1.54, 1.807) is 18.2 Å². The molecule has 0 bridgehead atoms. The molecular weight excluding hydrogens is 395 g/mol. The number of rotatable bonds is 7. The third-order valence-corrected chi connectivity index (χ3v) is 4.51. The summed E-state index contributed by atoms with van der Waals surface area (Å²) in [4.78, 5) is 13.6. The molecule has 0 fully saturated rings. The van der Waals surface area contributed by atoms with Crippen LogP contribution in [0.25, 0.3) is 22.3 Å². The van der Waals surface area contributed by atoms with Gasteiger partial charge in [0, 0.05) is 29.1 Å². The van der Waals surface area contributed by atoms with Crippen LogP contribution >= 0.6 is 23.2 Å². The van der Waals surface area contributed by atoms with E-state index in [-0.39, 0.29) is 0 Å². The molecule has 3 rings (SSSR count). The third-order valence-electron chi connectivity index (χ3n) is 3.96. The van der Waals surface area contributed by atoms with Crippen LogP contribution < -0.4 is 16.8 Å². The number of aliphatic imine (C=N–C) groups is 1. The summed E-state index contributed by atoms with van der Waals surface area (Å²) in [6.45, 7) is 1.26. The third kappa shape index (κ3) is 4.91. The van der Waals surface area contributed by atoms with Gasteiger partial charge in [-0.05, 0) is 49.0 Å². The summed E-state index contributed by atoms with van der Waals surface area (Å²) in [7, 11) is 0. The summed E-state index contributed by atoms with van der Waals surface area (Å²) in [5.41, 5.74) is 12.5. The number of halogens is 2. The molecule has 0 aliphatic carbocycles. The standard InChI is InChI=1S/C20H20Cl2N6/c21-13-6-7-14(16(22)12-13)20-27-17-5-2-1-4-15(17)19(28-20)26-11-3-10-25-18(24)8-9-23/h1-2,4-9,12H,3,10-11,23H2,(H2,24,25)(H,26,27,28). The monoisotopic (exact) mass is 414 g/mol. The van der Waals surface area contributed by atoms with E-state index in [9.17, 15) is 0 Å². The number of para-hydroxylation sites is 1. The van der Waals surface area contributed by atoms with Crippen LogP contribution in [-0.4, -0.2) is 28.9 Å². The Morgan fingerprint density at radius 2 is 1.96 bits per heavy atom. The SMILES string of the molecule is NC=CC(N)=NCCCNc1nc(-c2ccc(Cl)cc2Cl)nc2ccccc12. The van der Waals surface area contributed by atoms with E-state index >= 15 is 0 Å². The van der Waals surface area contributed by atoms with Gasteiger partial charge in [0.15, 0.2) is 5.82 Å². The maximum absolute atomic E-state index is 6.34. The molecule has 144 valence electrons. The zero-order valence-electron chi connectivity index (χ0n) is 15.1. The number of nitrogens with two attached hydrogens (primary N) is 2. The lowest BCUT2D eigenvalue weighted by atomic mass is 10.1. The first-order chi connectivity index (χ1) is 13.6. The largest absolute Gasteiger partial charge is 0.404 e. The van der Waals surface area contributed by atoms with Crippen molar-refractivity contribution in [3.05, 3.63) is 64.8 Å². The van der Waals surface area contributed by atoms with Gasteiger partial charge in [-0.2, -0.15) is 0 Å². The van der Waals surface area contributed by atoms with Gasteiger partial charge < -0.3 is 16.8 Å². The highest BCUT2D eigenvalue weighted by molar-refractivity contribution is 6.36. The maximum Gasteiger partial charge on any atom is 0.163 e. The first kappa shape index (κ1) is 19.9. The second-order valence-corrected chi connectivity index (χ2v) is 6.83. The van der Waals surface area contributed by atoms with Gasteiger partial charge in [0.2, 0.25) is 0 Å². The highest BCUT2D eigenvalue weighted by Crippen LogP contribution is 2.31. The topological polar surface area (TPSA) is 102 Å². The normalized spacial score (nSPS) is 12.0. The number of nitrogens with one attached hydrogen (secondary N) is 1. The van der Waals surface area contributed by atoms with Gasteiger partial charge in [-0.15, -0.1) is 0 Å². The lowest BCUT2D eigenvalue weighted by molar-refractivity contribution is 0.871. The number of amidine groups is 1. The van der Waals surface area contributed by atoms with Crippen molar-refractivity contribution in [1.29, 1.82) is 0 Å². The van der Waals surface area contributed by atoms with Gasteiger partial charge in [-0.25, -0.2) is 9.97 Å². The molecule has 0 amide bonds. The molecule has 0 unspecified atom stereocenters. The van der Waals surface area contributed by atoms with Crippen molar-refractivity contribution < 1.29 is 0 Å². The second kappa shape index (κ2) is 9.39. The van der Waals surface area contributed by atoms with Crippen molar-refractivity contribution >= 4 is 45.8 Å². The van der Waals surface area contributed by atoms with Crippen molar-refractivity contribution in [2.24, 2.45) is 16.5 Å². The Morgan fingerprint density at radius 1 is 1.14 bits per heavy atom. The highest BCUT2D eigenvalue weighted by atomic mass is 35.5. The second-order valence-electron chi connectivity index (χ2n) is 5.98. The molecule has 5 N–H and O–H groups in total. The van der Waals surface area contributed by atoms with Crippen molar-refractivity contribution in [1.82, 2.24) is 9.97 Å². The molecule has 28 heavy (non-hydrogen) atoms.